The topological polar surface area (TPSA) is 67.6 Å². The van der Waals surface area contributed by atoms with Gasteiger partial charge in [-0.25, -0.2) is 4.98 Å². The lowest BCUT2D eigenvalue weighted by Crippen LogP contribution is -2.29. The van der Waals surface area contributed by atoms with Crippen molar-refractivity contribution in [2.45, 2.75) is 13.5 Å². The summed E-state index contributed by atoms with van der Waals surface area (Å²) in [6.07, 6.45) is 1.85. The maximum absolute atomic E-state index is 12.5. The Morgan fingerprint density at radius 3 is 2.82 bits per heavy atom. The predicted molar refractivity (Wildman–Crippen MR) is 112 cm³/mol. The molecule has 0 aliphatic carbocycles. The first-order valence-corrected chi connectivity index (χ1v) is 9.74. The van der Waals surface area contributed by atoms with Gasteiger partial charge in [0.15, 0.2) is 0 Å². The van der Waals surface area contributed by atoms with Gasteiger partial charge in [-0.3, -0.25) is 9.69 Å². The van der Waals surface area contributed by atoms with Crippen molar-refractivity contribution in [3.05, 3.63) is 52.5 Å². The van der Waals surface area contributed by atoms with Gasteiger partial charge in [-0.2, -0.15) is 0 Å². The molecule has 144 valence electrons. The molecule has 0 aliphatic rings. The number of nitrogens with zero attached hydrogens (tertiary/aromatic N) is 2. The van der Waals surface area contributed by atoms with E-state index < -0.39 is 0 Å². The van der Waals surface area contributed by atoms with E-state index in [1.807, 2.05) is 61.5 Å². The molecule has 1 amide bonds. The number of carbonyl (C=O) groups excluding carboxylic acids is 1. The molecular weight excluding hydrogens is 374 g/mol. The third kappa shape index (κ3) is 3.72. The molecule has 0 bridgehead atoms. The molecule has 0 spiro atoms. The number of hydrogen-bond acceptors (Lipinski definition) is 6. The van der Waals surface area contributed by atoms with Gasteiger partial charge in [0.05, 0.1) is 24.3 Å². The maximum atomic E-state index is 12.5. The number of thiazole rings is 1. The van der Waals surface area contributed by atoms with E-state index in [4.69, 9.17) is 9.15 Å². The molecule has 0 saturated heterocycles. The number of ether oxygens (including phenoxy) is 1. The minimum Gasteiger partial charge on any atom is -0.495 e. The van der Waals surface area contributed by atoms with Crippen LogP contribution < -0.4 is 10.1 Å². The van der Waals surface area contributed by atoms with E-state index in [1.54, 1.807) is 18.4 Å². The molecule has 2 heterocycles. The van der Waals surface area contributed by atoms with Crippen LogP contribution in [-0.2, 0) is 11.3 Å². The molecule has 0 saturated carbocycles. The Morgan fingerprint density at radius 2 is 2.07 bits per heavy atom. The van der Waals surface area contributed by atoms with Crippen LogP contribution in [0.25, 0.3) is 21.9 Å². The fourth-order valence-corrected chi connectivity index (χ4v) is 4.13. The van der Waals surface area contributed by atoms with E-state index in [0.717, 1.165) is 26.2 Å². The molecule has 0 atom stereocenters. The summed E-state index contributed by atoms with van der Waals surface area (Å²) in [5.41, 5.74) is 2.12. The van der Waals surface area contributed by atoms with Gasteiger partial charge in [-0.1, -0.05) is 18.2 Å². The average Bonchev–Trinajstić information content (AvgIpc) is 3.23. The van der Waals surface area contributed by atoms with Crippen molar-refractivity contribution < 1.29 is 13.9 Å². The Hall–Kier alpha value is -2.90. The summed E-state index contributed by atoms with van der Waals surface area (Å²) in [4.78, 5) is 19.9. The molecule has 7 heteroatoms. The second kappa shape index (κ2) is 7.61. The zero-order valence-electron chi connectivity index (χ0n) is 16.0. The maximum Gasteiger partial charge on any atom is 0.238 e. The van der Waals surface area contributed by atoms with Crippen LogP contribution in [0.4, 0.5) is 5.69 Å². The fourth-order valence-electron chi connectivity index (χ4n) is 3.25. The van der Waals surface area contributed by atoms with Crippen LogP contribution in [0, 0.1) is 6.92 Å². The van der Waals surface area contributed by atoms with Gasteiger partial charge < -0.3 is 14.5 Å². The normalized spacial score (nSPS) is 11.4. The van der Waals surface area contributed by atoms with Gasteiger partial charge in [-0.15, -0.1) is 11.3 Å². The molecule has 0 radical (unpaired) electrons. The van der Waals surface area contributed by atoms with E-state index in [2.05, 4.69) is 10.3 Å². The summed E-state index contributed by atoms with van der Waals surface area (Å²) in [6.45, 7) is 2.91. The van der Waals surface area contributed by atoms with Crippen molar-refractivity contribution in [2.24, 2.45) is 0 Å². The second-order valence-electron chi connectivity index (χ2n) is 6.71. The van der Waals surface area contributed by atoms with Crippen LogP contribution in [0.1, 0.15) is 9.88 Å². The number of benzene rings is 2. The Labute approximate surface area is 166 Å². The zero-order chi connectivity index (χ0) is 19.7. The lowest BCUT2D eigenvalue weighted by atomic mass is 10.1. The van der Waals surface area contributed by atoms with Crippen molar-refractivity contribution in [1.82, 2.24) is 9.88 Å². The number of fused-ring (bicyclic) bond motifs is 3. The number of methoxy groups -OCH3 is 1. The third-order valence-corrected chi connectivity index (χ3v) is 5.38. The molecule has 2 aromatic heterocycles. The summed E-state index contributed by atoms with van der Waals surface area (Å²) in [5, 5.41) is 5.95. The minimum absolute atomic E-state index is 0.113. The van der Waals surface area contributed by atoms with Crippen LogP contribution in [0.2, 0.25) is 0 Å². The first-order valence-electron chi connectivity index (χ1n) is 8.92. The number of aryl methyl sites for hydroxylation is 1. The molecule has 0 aliphatic heterocycles. The van der Waals surface area contributed by atoms with Gasteiger partial charge in [0.25, 0.3) is 0 Å². The standard InChI is InChI=1S/C21H21N3O3S/c1-13-22-10-14(28-13)11-24(2)12-21(25)23-17-9-19-16(8-20(17)26-3)15-6-4-5-7-18(15)27-19/h4-10H,11-12H2,1-3H3,(H,23,25). The molecule has 0 fully saturated rings. The average molecular weight is 395 g/mol. The highest BCUT2D eigenvalue weighted by atomic mass is 32.1. The van der Waals surface area contributed by atoms with E-state index >= 15 is 0 Å². The largest absolute Gasteiger partial charge is 0.495 e. The van der Waals surface area contributed by atoms with Gasteiger partial charge >= 0.3 is 0 Å². The van der Waals surface area contributed by atoms with Crippen LogP contribution in [0.3, 0.4) is 0 Å². The molecular formula is C21H21N3O3S. The number of furan rings is 1. The molecule has 4 rings (SSSR count). The Bertz CT molecular complexity index is 1150. The summed E-state index contributed by atoms with van der Waals surface area (Å²) < 4.78 is 11.4. The lowest BCUT2D eigenvalue weighted by Gasteiger charge is -2.16. The number of para-hydroxylation sites is 1. The fraction of sp³-hybridized carbons (Fsp3) is 0.238. The smallest absolute Gasteiger partial charge is 0.238 e. The molecule has 6 nitrogen and oxygen atoms in total. The van der Waals surface area contributed by atoms with Crippen molar-refractivity contribution in [3.8, 4) is 5.75 Å². The molecule has 0 unspecified atom stereocenters. The number of likely N-dealkylation sites (N-methyl/N-ethyl adjacent to an activating group) is 1. The highest BCUT2D eigenvalue weighted by Crippen LogP contribution is 2.36. The van der Waals surface area contributed by atoms with E-state index in [0.29, 0.717) is 23.6 Å². The first kappa shape index (κ1) is 18.5. The summed E-state index contributed by atoms with van der Waals surface area (Å²) in [7, 11) is 3.51. The van der Waals surface area contributed by atoms with E-state index in [-0.39, 0.29) is 12.5 Å². The quantitative estimate of drug-likeness (QED) is 0.523. The van der Waals surface area contributed by atoms with Gasteiger partial charge in [0.2, 0.25) is 5.91 Å². The summed E-state index contributed by atoms with van der Waals surface area (Å²) >= 11 is 1.64. The van der Waals surface area contributed by atoms with Crippen LogP contribution >= 0.6 is 11.3 Å². The van der Waals surface area contributed by atoms with Crippen molar-refractivity contribution >= 4 is 44.9 Å². The van der Waals surface area contributed by atoms with Crippen molar-refractivity contribution in [1.29, 1.82) is 0 Å². The number of carbonyl (C=O) groups is 1. The van der Waals surface area contributed by atoms with Crippen LogP contribution in [0.5, 0.6) is 5.75 Å². The van der Waals surface area contributed by atoms with E-state index in [9.17, 15) is 4.79 Å². The number of aromatic nitrogens is 1. The van der Waals surface area contributed by atoms with Gasteiger partial charge in [0, 0.05) is 34.5 Å². The molecule has 28 heavy (non-hydrogen) atoms. The van der Waals surface area contributed by atoms with Gasteiger partial charge in [0.1, 0.15) is 16.9 Å². The monoisotopic (exact) mass is 395 g/mol. The molecule has 4 aromatic rings. The highest BCUT2D eigenvalue weighted by molar-refractivity contribution is 7.11. The minimum atomic E-state index is -0.113. The zero-order valence-corrected chi connectivity index (χ0v) is 16.8. The summed E-state index contributed by atoms with van der Waals surface area (Å²) in [6, 6.07) is 11.6. The van der Waals surface area contributed by atoms with Gasteiger partial charge in [-0.05, 0) is 26.1 Å². The highest BCUT2D eigenvalue weighted by Gasteiger charge is 2.15. The number of hydrogen-bond donors (Lipinski definition) is 1. The van der Waals surface area contributed by atoms with Crippen molar-refractivity contribution in [3.63, 3.8) is 0 Å². The first-order chi connectivity index (χ1) is 13.5. The van der Waals surface area contributed by atoms with Crippen LogP contribution in [-0.4, -0.2) is 36.5 Å². The Kier molecular flexibility index (Phi) is 5.02. The van der Waals surface area contributed by atoms with E-state index in [1.165, 1.54) is 0 Å². The summed E-state index contributed by atoms with van der Waals surface area (Å²) in [5.74, 6) is 0.491. The number of anilines is 1. The van der Waals surface area contributed by atoms with Crippen LogP contribution in [0.15, 0.2) is 47.0 Å². The predicted octanol–water partition coefficient (Wildman–Crippen LogP) is 4.43. The lowest BCUT2D eigenvalue weighted by molar-refractivity contribution is -0.117. The number of rotatable bonds is 6. The third-order valence-electron chi connectivity index (χ3n) is 4.48. The molecule has 1 N–H and O–H groups in total. The Morgan fingerprint density at radius 1 is 1.25 bits per heavy atom. The number of nitrogens with one attached hydrogen (secondary N) is 1. The SMILES string of the molecule is COc1cc2c(cc1NC(=O)CN(C)Cc1cnc(C)s1)oc1ccccc12. The van der Waals surface area contributed by atoms with Crippen molar-refractivity contribution in [2.75, 3.05) is 26.0 Å². The molecule has 2 aromatic carbocycles. The second-order valence-corrected chi connectivity index (χ2v) is 8.03. The Balaban J connectivity index is 1.52. The number of amides is 1.